The Morgan fingerprint density at radius 2 is 1.85 bits per heavy atom. The van der Waals surface area contributed by atoms with E-state index in [1.54, 1.807) is 12.1 Å². The topological polar surface area (TPSA) is 83.0 Å². The lowest BCUT2D eigenvalue weighted by molar-refractivity contribution is 0.107. The van der Waals surface area contributed by atoms with Crippen molar-refractivity contribution in [1.82, 2.24) is 20.2 Å². The van der Waals surface area contributed by atoms with Gasteiger partial charge in [0.1, 0.15) is 39.0 Å². The largest absolute Gasteiger partial charge is 0.508 e. The van der Waals surface area contributed by atoms with E-state index in [9.17, 15) is 9.50 Å². The van der Waals surface area contributed by atoms with Gasteiger partial charge in [0.2, 0.25) is 0 Å². The minimum absolute atomic E-state index is 0.0541. The first-order valence-corrected chi connectivity index (χ1v) is 23.0. The first-order valence-electron chi connectivity index (χ1n) is 20.4. The SMILES string of the molecule is CC(C)[Si](C#Cc1cccc2cc(O)cc(-c3cc4nc(OC[C@@]56CCCN5C[C@H](F)C6)nc5c4c(c3Cl)OC[C@@H]3[C@@H]4CC[C@H](CN53)N4)c12)(C(C)C)C(C)C. The molecule has 5 aliphatic rings. The van der Waals surface area contributed by atoms with Crippen LogP contribution in [0.25, 0.3) is 32.8 Å². The van der Waals surface area contributed by atoms with E-state index in [1.165, 1.54) is 0 Å². The average Bonchev–Trinajstić information content (AvgIpc) is 3.77. The number of anilines is 1. The Kier molecular flexibility index (Phi) is 9.27. The molecule has 5 atom stereocenters. The summed E-state index contributed by atoms with van der Waals surface area (Å²) >= 11 is 7.52. The van der Waals surface area contributed by atoms with Crippen LogP contribution in [0.1, 0.15) is 79.2 Å². The molecule has 0 spiro atoms. The molecule has 2 bridgehead atoms. The van der Waals surface area contributed by atoms with Crippen LogP contribution < -0.4 is 19.7 Å². The van der Waals surface area contributed by atoms with Crippen molar-refractivity contribution >= 4 is 47.2 Å². The number of nitrogens with zero attached hydrogens (tertiary/aromatic N) is 4. The number of rotatable bonds is 7. The monoisotopic (exact) mass is 781 g/mol. The molecule has 4 saturated heterocycles. The average molecular weight is 782 g/mol. The molecule has 11 heteroatoms. The molecule has 0 radical (unpaired) electrons. The third-order valence-electron chi connectivity index (χ3n) is 13.8. The molecule has 1 aromatic heterocycles. The number of aromatic hydroxyl groups is 1. The molecule has 4 aromatic rings. The van der Waals surface area contributed by atoms with Crippen molar-refractivity contribution in [2.24, 2.45) is 0 Å². The van der Waals surface area contributed by atoms with Gasteiger partial charge in [0, 0.05) is 48.1 Å². The number of fused-ring (bicyclic) bond motifs is 7. The van der Waals surface area contributed by atoms with Crippen molar-refractivity contribution in [3.8, 4) is 40.1 Å². The molecule has 0 saturated carbocycles. The third kappa shape index (κ3) is 5.98. The van der Waals surface area contributed by atoms with Crippen LogP contribution in [0.2, 0.25) is 21.6 Å². The highest BCUT2D eigenvalue weighted by Crippen LogP contribution is 2.50. The summed E-state index contributed by atoms with van der Waals surface area (Å²) in [5.74, 6) is 5.16. The zero-order chi connectivity index (χ0) is 38.4. The lowest BCUT2D eigenvalue weighted by atomic mass is 9.93. The molecule has 3 aromatic carbocycles. The normalized spacial score (nSPS) is 26.1. The van der Waals surface area contributed by atoms with E-state index in [0.717, 1.165) is 71.9 Å². The first kappa shape index (κ1) is 37.0. The van der Waals surface area contributed by atoms with E-state index in [0.29, 0.717) is 70.7 Å². The predicted molar refractivity (Wildman–Crippen MR) is 222 cm³/mol. The summed E-state index contributed by atoms with van der Waals surface area (Å²) in [6, 6.07) is 12.7. The van der Waals surface area contributed by atoms with E-state index in [4.69, 9.17) is 31.0 Å². The quantitative estimate of drug-likeness (QED) is 0.142. The van der Waals surface area contributed by atoms with E-state index in [2.05, 4.69) is 74.2 Å². The Hall–Kier alpha value is -3.62. The molecule has 0 amide bonds. The van der Waals surface area contributed by atoms with Crippen molar-refractivity contribution in [2.45, 2.75) is 120 Å². The smallest absolute Gasteiger partial charge is 0.319 e. The molecule has 0 unspecified atom stereocenters. The number of phenols is 1. The highest BCUT2D eigenvalue weighted by molar-refractivity contribution is 6.90. The highest BCUT2D eigenvalue weighted by Gasteiger charge is 2.50. The molecule has 55 heavy (non-hydrogen) atoms. The summed E-state index contributed by atoms with van der Waals surface area (Å²) < 4.78 is 28.0. The number of hydrogen-bond donors (Lipinski definition) is 2. The maximum atomic E-state index is 14.7. The van der Waals surface area contributed by atoms with Crippen molar-refractivity contribution in [3.05, 3.63) is 47.0 Å². The number of benzene rings is 3. The number of alkyl halides is 1. The van der Waals surface area contributed by atoms with Crippen molar-refractivity contribution < 1.29 is 19.0 Å². The minimum atomic E-state index is -2.05. The van der Waals surface area contributed by atoms with Gasteiger partial charge in [0.05, 0.1) is 27.5 Å². The zero-order valence-corrected chi connectivity index (χ0v) is 34.6. The van der Waals surface area contributed by atoms with Gasteiger partial charge in [-0.2, -0.15) is 9.97 Å². The lowest BCUT2D eigenvalue weighted by Gasteiger charge is -2.40. The second kappa shape index (κ2) is 13.8. The summed E-state index contributed by atoms with van der Waals surface area (Å²) in [6.07, 6.45) is 3.74. The summed E-state index contributed by atoms with van der Waals surface area (Å²) in [7, 11) is -2.05. The van der Waals surface area contributed by atoms with E-state index < -0.39 is 14.2 Å². The summed E-state index contributed by atoms with van der Waals surface area (Å²) in [6.45, 7) is 16.9. The fourth-order valence-electron chi connectivity index (χ4n) is 11.3. The first-order chi connectivity index (χ1) is 26.4. The maximum Gasteiger partial charge on any atom is 0.319 e. The molecule has 8 nitrogen and oxygen atoms in total. The second-order valence-corrected chi connectivity index (χ2v) is 23.7. The Morgan fingerprint density at radius 1 is 1.05 bits per heavy atom. The van der Waals surface area contributed by atoms with Gasteiger partial charge in [0.15, 0.2) is 5.75 Å². The second-order valence-electron chi connectivity index (χ2n) is 17.8. The van der Waals surface area contributed by atoms with Crippen LogP contribution in [0.4, 0.5) is 10.2 Å². The van der Waals surface area contributed by atoms with Gasteiger partial charge in [0.25, 0.3) is 0 Å². The van der Waals surface area contributed by atoms with Gasteiger partial charge >= 0.3 is 6.01 Å². The Balaban J connectivity index is 1.23. The van der Waals surface area contributed by atoms with E-state index in [-0.39, 0.29) is 29.4 Å². The van der Waals surface area contributed by atoms with Crippen LogP contribution in [-0.2, 0) is 0 Å². The van der Waals surface area contributed by atoms with Crippen LogP contribution >= 0.6 is 11.6 Å². The van der Waals surface area contributed by atoms with E-state index in [1.807, 2.05) is 18.2 Å². The Labute approximate surface area is 330 Å². The summed E-state index contributed by atoms with van der Waals surface area (Å²) in [4.78, 5) is 14.8. The van der Waals surface area contributed by atoms with E-state index >= 15 is 0 Å². The lowest BCUT2D eigenvalue weighted by Crippen LogP contribution is -2.60. The van der Waals surface area contributed by atoms with Crippen LogP contribution in [0.5, 0.6) is 17.5 Å². The van der Waals surface area contributed by atoms with Gasteiger partial charge in [-0.1, -0.05) is 71.2 Å². The summed E-state index contributed by atoms with van der Waals surface area (Å²) in [5.41, 5.74) is 8.08. The van der Waals surface area contributed by atoms with Crippen LogP contribution in [0.15, 0.2) is 36.4 Å². The molecule has 0 aliphatic carbocycles. The Morgan fingerprint density at radius 3 is 2.64 bits per heavy atom. The van der Waals surface area contributed by atoms with Crippen molar-refractivity contribution in [2.75, 3.05) is 37.7 Å². The standard InChI is InChI=1S/C44H53ClFN5O3Si/c1-25(2)55(26(3)4,27(5)6)16-13-28-9-7-10-29-17-32(52)18-33(38(28)29)34-19-36-39-41(40(34)45)53-23-37-35-12-11-31(47-35)22-51(37)42(39)49-43(48-36)54-24-44-14-8-15-50(44)21-30(46)20-44/h7,9-10,17-19,25-27,30-31,35,37,47,52H,8,11-12,14-15,20-24H2,1-6H3/t30-,31-,35+,37-,44+/m1/s1. The molecule has 2 N–H and O–H groups in total. The van der Waals surface area contributed by atoms with Gasteiger partial charge in [-0.25, -0.2) is 4.39 Å². The molecule has 4 fully saturated rings. The van der Waals surface area contributed by atoms with Gasteiger partial charge < -0.3 is 24.8 Å². The van der Waals surface area contributed by atoms with Crippen LogP contribution in [-0.4, -0.2) is 90.7 Å². The van der Waals surface area contributed by atoms with Crippen molar-refractivity contribution in [1.29, 1.82) is 0 Å². The number of ether oxygens (including phenoxy) is 2. The third-order valence-corrected chi connectivity index (χ3v) is 20.5. The molecule has 290 valence electrons. The molecule has 5 aliphatic heterocycles. The number of aromatic nitrogens is 2. The predicted octanol–water partition coefficient (Wildman–Crippen LogP) is 9.04. The summed E-state index contributed by atoms with van der Waals surface area (Å²) in [5, 5.41) is 18.0. The van der Waals surface area contributed by atoms with Crippen LogP contribution in [0, 0.1) is 11.5 Å². The van der Waals surface area contributed by atoms with Crippen LogP contribution in [0.3, 0.4) is 0 Å². The number of phenolic OH excluding ortho intramolecular Hbond substituents is 1. The fourth-order valence-corrected chi connectivity index (χ4v) is 16.8. The molecular formula is C44H53ClFN5O3Si. The van der Waals surface area contributed by atoms with Crippen molar-refractivity contribution in [3.63, 3.8) is 0 Å². The fraction of sp³-hybridized carbons (Fsp3) is 0.545. The number of nitrogens with one attached hydrogen (secondary N) is 1. The Bertz CT molecular complexity index is 2220. The number of halogens is 2. The number of piperazine rings is 1. The van der Waals surface area contributed by atoms with Gasteiger partial charge in [-0.3, -0.25) is 4.90 Å². The molecule has 6 heterocycles. The number of hydrogen-bond acceptors (Lipinski definition) is 8. The zero-order valence-electron chi connectivity index (χ0n) is 32.9. The van der Waals surface area contributed by atoms with Gasteiger partial charge in [-0.15, -0.1) is 5.54 Å². The maximum absolute atomic E-state index is 14.7. The molecular weight excluding hydrogens is 729 g/mol. The highest BCUT2D eigenvalue weighted by atomic mass is 35.5. The minimum Gasteiger partial charge on any atom is -0.508 e. The van der Waals surface area contributed by atoms with Gasteiger partial charge in [-0.05, 0) is 84.1 Å². The molecule has 9 rings (SSSR count).